The zero-order valence-corrected chi connectivity index (χ0v) is 16.5. The Balaban J connectivity index is 0.00000264. The van der Waals surface area contributed by atoms with Crippen molar-refractivity contribution in [3.63, 3.8) is 0 Å². The van der Waals surface area contributed by atoms with Crippen molar-refractivity contribution in [2.24, 2.45) is 4.99 Å². The minimum Gasteiger partial charge on any atom is -0.376 e. The standard InChI is InChI=1S/C15H27N5O2.HI/c1-4-16-15(18-10-12-6-5-9-21-12)17-8-7-13-19-14(11(2)3)20-22-13;/h11-12H,4-10H2,1-3H3,(H2,16,17,18);1H. The first kappa shape index (κ1) is 20.1. The number of hydrogen-bond acceptors (Lipinski definition) is 5. The van der Waals surface area contributed by atoms with Gasteiger partial charge < -0.3 is 19.9 Å². The van der Waals surface area contributed by atoms with Gasteiger partial charge in [-0.25, -0.2) is 0 Å². The molecule has 1 saturated heterocycles. The second-order valence-corrected chi connectivity index (χ2v) is 5.73. The monoisotopic (exact) mass is 437 g/mol. The van der Waals surface area contributed by atoms with Gasteiger partial charge >= 0.3 is 0 Å². The quantitative estimate of drug-likeness (QED) is 0.386. The van der Waals surface area contributed by atoms with Gasteiger partial charge in [-0.05, 0) is 19.8 Å². The van der Waals surface area contributed by atoms with E-state index in [-0.39, 0.29) is 36.0 Å². The smallest absolute Gasteiger partial charge is 0.228 e. The molecule has 0 amide bonds. The molecule has 1 atom stereocenters. The van der Waals surface area contributed by atoms with Gasteiger partial charge in [0.15, 0.2) is 11.8 Å². The highest BCUT2D eigenvalue weighted by atomic mass is 127. The fraction of sp³-hybridized carbons (Fsp3) is 0.800. The Kier molecular flexibility index (Phi) is 9.46. The summed E-state index contributed by atoms with van der Waals surface area (Å²) < 4.78 is 10.8. The Morgan fingerprint density at radius 2 is 2.22 bits per heavy atom. The van der Waals surface area contributed by atoms with Crippen molar-refractivity contribution in [2.45, 2.75) is 52.1 Å². The topological polar surface area (TPSA) is 84.6 Å². The van der Waals surface area contributed by atoms with E-state index in [0.717, 1.165) is 37.8 Å². The third-order valence-corrected chi connectivity index (χ3v) is 3.45. The van der Waals surface area contributed by atoms with Crippen LogP contribution in [0.1, 0.15) is 51.2 Å². The van der Waals surface area contributed by atoms with Crippen molar-refractivity contribution in [3.8, 4) is 0 Å². The van der Waals surface area contributed by atoms with Gasteiger partial charge in [-0.1, -0.05) is 19.0 Å². The molecule has 7 nitrogen and oxygen atoms in total. The third kappa shape index (κ3) is 7.03. The minimum absolute atomic E-state index is 0. The van der Waals surface area contributed by atoms with E-state index in [1.54, 1.807) is 0 Å². The molecule has 1 unspecified atom stereocenters. The van der Waals surface area contributed by atoms with Crippen molar-refractivity contribution in [1.29, 1.82) is 0 Å². The molecule has 2 heterocycles. The lowest BCUT2D eigenvalue weighted by atomic mass is 10.2. The fourth-order valence-electron chi connectivity index (χ4n) is 2.22. The SMILES string of the molecule is CCNC(=NCC1CCCO1)NCCc1nc(C(C)C)no1.I. The van der Waals surface area contributed by atoms with Crippen LogP contribution in [0.4, 0.5) is 0 Å². The highest BCUT2D eigenvalue weighted by molar-refractivity contribution is 14.0. The van der Waals surface area contributed by atoms with Crippen molar-refractivity contribution >= 4 is 29.9 Å². The second kappa shape index (κ2) is 10.8. The molecule has 0 bridgehead atoms. The first-order chi connectivity index (χ1) is 10.7. The van der Waals surface area contributed by atoms with E-state index in [1.165, 1.54) is 0 Å². The summed E-state index contributed by atoms with van der Waals surface area (Å²) in [6.45, 7) is 9.25. The summed E-state index contributed by atoms with van der Waals surface area (Å²) in [6, 6.07) is 0. The lowest BCUT2D eigenvalue weighted by Gasteiger charge is -2.12. The zero-order valence-electron chi connectivity index (χ0n) is 14.2. The molecule has 0 saturated carbocycles. The van der Waals surface area contributed by atoms with E-state index in [9.17, 15) is 0 Å². The van der Waals surface area contributed by atoms with Crippen LogP contribution in [0.25, 0.3) is 0 Å². The number of aliphatic imine (C=N–C) groups is 1. The fourth-order valence-corrected chi connectivity index (χ4v) is 2.22. The first-order valence-corrected chi connectivity index (χ1v) is 8.15. The van der Waals surface area contributed by atoms with E-state index >= 15 is 0 Å². The number of guanidine groups is 1. The third-order valence-electron chi connectivity index (χ3n) is 3.45. The molecule has 2 rings (SSSR count). The molecule has 132 valence electrons. The highest BCUT2D eigenvalue weighted by Crippen LogP contribution is 2.12. The van der Waals surface area contributed by atoms with Gasteiger partial charge in [0, 0.05) is 32.0 Å². The van der Waals surface area contributed by atoms with Gasteiger partial charge in [0.25, 0.3) is 0 Å². The highest BCUT2D eigenvalue weighted by Gasteiger charge is 2.15. The normalized spacial score (nSPS) is 18.1. The Morgan fingerprint density at radius 3 is 2.83 bits per heavy atom. The Hall–Kier alpha value is -0.900. The first-order valence-electron chi connectivity index (χ1n) is 8.15. The van der Waals surface area contributed by atoms with Crippen LogP contribution in [0.15, 0.2) is 9.52 Å². The number of halogens is 1. The molecule has 1 aromatic heterocycles. The number of hydrogen-bond donors (Lipinski definition) is 2. The summed E-state index contributed by atoms with van der Waals surface area (Å²) in [5.74, 6) is 2.51. The lowest BCUT2D eigenvalue weighted by Crippen LogP contribution is -2.39. The summed E-state index contributed by atoms with van der Waals surface area (Å²) in [4.78, 5) is 8.93. The number of nitrogens with one attached hydrogen (secondary N) is 2. The molecule has 0 aliphatic carbocycles. The Morgan fingerprint density at radius 1 is 1.39 bits per heavy atom. The maximum Gasteiger partial charge on any atom is 0.228 e. The van der Waals surface area contributed by atoms with Crippen LogP contribution >= 0.6 is 24.0 Å². The lowest BCUT2D eigenvalue weighted by molar-refractivity contribution is 0.117. The summed E-state index contributed by atoms with van der Waals surface area (Å²) in [5, 5.41) is 10.5. The maximum absolute atomic E-state index is 5.58. The summed E-state index contributed by atoms with van der Waals surface area (Å²) >= 11 is 0. The van der Waals surface area contributed by atoms with Gasteiger partial charge in [0.05, 0.1) is 12.6 Å². The molecule has 8 heteroatoms. The summed E-state index contributed by atoms with van der Waals surface area (Å²) in [5.41, 5.74) is 0. The average molecular weight is 437 g/mol. The molecule has 23 heavy (non-hydrogen) atoms. The zero-order chi connectivity index (χ0) is 15.8. The van der Waals surface area contributed by atoms with Crippen LogP contribution in [0, 0.1) is 0 Å². The maximum atomic E-state index is 5.58. The molecule has 1 aliphatic rings. The van der Waals surface area contributed by atoms with Crippen molar-refractivity contribution < 1.29 is 9.26 Å². The average Bonchev–Trinajstić information content (AvgIpc) is 3.16. The largest absolute Gasteiger partial charge is 0.376 e. The van der Waals surface area contributed by atoms with Gasteiger partial charge in [-0.3, -0.25) is 4.99 Å². The number of aromatic nitrogens is 2. The van der Waals surface area contributed by atoms with Gasteiger partial charge in [0.1, 0.15) is 0 Å². The van der Waals surface area contributed by atoms with Crippen LogP contribution in [-0.4, -0.2) is 48.4 Å². The molecule has 1 aliphatic heterocycles. The van der Waals surface area contributed by atoms with Crippen LogP contribution in [0.3, 0.4) is 0 Å². The number of nitrogens with zero attached hydrogens (tertiary/aromatic N) is 3. The molecule has 2 N–H and O–H groups in total. The van der Waals surface area contributed by atoms with Gasteiger partial charge in [0.2, 0.25) is 5.89 Å². The molecule has 0 spiro atoms. The molecular weight excluding hydrogens is 409 g/mol. The van der Waals surface area contributed by atoms with E-state index in [4.69, 9.17) is 9.26 Å². The predicted octanol–water partition coefficient (Wildman–Crippen LogP) is 2.09. The molecule has 0 radical (unpaired) electrons. The number of ether oxygens (including phenoxy) is 1. The van der Waals surface area contributed by atoms with Crippen molar-refractivity contribution in [3.05, 3.63) is 11.7 Å². The summed E-state index contributed by atoms with van der Waals surface area (Å²) in [7, 11) is 0. The Labute approximate surface area is 155 Å². The predicted molar refractivity (Wildman–Crippen MR) is 100 cm³/mol. The van der Waals surface area contributed by atoms with Crippen molar-refractivity contribution in [1.82, 2.24) is 20.8 Å². The van der Waals surface area contributed by atoms with Crippen LogP contribution in [-0.2, 0) is 11.2 Å². The van der Waals surface area contributed by atoms with Gasteiger partial charge in [-0.15, -0.1) is 24.0 Å². The molecular formula is C15H28IN5O2. The molecule has 1 aromatic rings. The van der Waals surface area contributed by atoms with Crippen LogP contribution < -0.4 is 10.6 Å². The molecule has 1 fully saturated rings. The van der Waals surface area contributed by atoms with E-state index in [2.05, 4.69) is 32.7 Å². The van der Waals surface area contributed by atoms with Crippen LogP contribution in [0.5, 0.6) is 0 Å². The number of rotatable bonds is 7. The second-order valence-electron chi connectivity index (χ2n) is 5.73. The molecule has 0 aromatic carbocycles. The van der Waals surface area contributed by atoms with E-state index in [0.29, 0.717) is 25.4 Å². The van der Waals surface area contributed by atoms with E-state index in [1.807, 2.05) is 13.8 Å². The van der Waals surface area contributed by atoms with Crippen molar-refractivity contribution in [2.75, 3.05) is 26.2 Å². The Bertz CT molecular complexity index is 472. The van der Waals surface area contributed by atoms with Crippen LogP contribution in [0.2, 0.25) is 0 Å². The van der Waals surface area contributed by atoms with E-state index < -0.39 is 0 Å². The minimum atomic E-state index is 0. The van der Waals surface area contributed by atoms with Gasteiger partial charge in [-0.2, -0.15) is 4.98 Å². The summed E-state index contributed by atoms with van der Waals surface area (Å²) in [6.07, 6.45) is 3.19.